The molecule has 3 rings (SSSR count). The summed E-state index contributed by atoms with van der Waals surface area (Å²) >= 11 is 0. The van der Waals surface area contributed by atoms with Crippen LogP contribution in [0.3, 0.4) is 0 Å². The fourth-order valence-electron chi connectivity index (χ4n) is 3.61. The minimum Gasteiger partial charge on any atom is -0.481 e. The van der Waals surface area contributed by atoms with Crippen LogP contribution in [-0.2, 0) is 19.1 Å². The summed E-state index contributed by atoms with van der Waals surface area (Å²) in [6.07, 6.45) is 0. The zero-order valence-electron chi connectivity index (χ0n) is 16.0. The Labute approximate surface area is 163 Å². The largest absolute Gasteiger partial charge is 0.481 e. The quantitative estimate of drug-likeness (QED) is 0.610. The monoisotopic (exact) mass is 381 g/mol. The molecule has 1 aliphatic rings. The van der Waals surface area contributed by atoms with Crippen molar-refractivity contribution in [3.05, 3.63) is 65.7 Å². The van der Waals surface area contributed by atoms with Gasteiger partial charge in [0.15, 0.2) is 5.92 Å². The molecule has 146 valence electrons. The van der Waals surface area contributed by atoms with Gasteiger partial charge in [-0.3, -0.25) is 14.4 Å². The van der Waals surface area contributed by atoms with Gasteiger partial charge < -0.3 is 15.2 Å². The van der Waals surface area contributed by atoms with Gasteiger partial charge in [0.2, 0.25) is 5.91 Å². The van der Waals surface area contributed by atoms with Crippen LogP contribution in [0.15, 0.2) is 54.6 Å². The zero-order valence-corrected chi connectivity index (χ0v) is 16.0. The molecule has 1 amide bonds. The van der Waals surface area contributed by atoms with Crippen LogP contribution in [-0.4, -0.2) is 28.6 Å². The summed E-state index contributed by atoms with van der Waals surface area (Å²) in [6, 6.07) is 15.9. The summed E-state index contributed by atoms with van der Waals surface area (Å²) in [5.41, 5.74) is 1.06. The molecule has 0 aliphatic carbocycles. The van der Waals surface area contributed by atoms with E-state index in [9.17, 15) is 19.5 Å². The van der Waals surface area contributed by atoms with Crippen molar-refractivity contribution in [2.45, 2.75) is 38.2 Å². The molecule has 1 aliphatic heterocycles. The molecule has 6 heteroatoms. The lowest BCUT2D eigenvalue weighted by molar-refractivity contribution is -0.168. The van der Waals surface area contributed by atoms with E-state index in [1.807, 2.05) is 0 Å². The van der Waals surface area contributed by atoms with Gasteiger partial charge in [-0.15, -0.1) is 0 Å². The van der Waals surface area contributed by atoms with Gasteiger partial charge in [-0.1, -0.05) is 48.5 Å². The SMILES string of the molecule is CC(C)(C)OC(=O)C(C(=O)O)C(c1ccccc1)C1C(=O)Nc2ccccc21. The van der Waals surface area contributed by atoms with Crippen molar-refractivity contribution >= 4 is 23.5 Å². The molecule has 0 fully saturated rings. The van der Waals surface area contributed by atoms with E-state index in [0.29, 0.717) is 16.8 Å². The van der Waals surface area contributed by atoms with E-state index in [0.717, 1.165) is 0 Å². The van der Waals surface area contributed by atoms with Crippen LogP contribution in [0.2, 0.25) is 0 Å². The van der Waals surface area contributed by atoms with Crippen LogP contribution in [0.5, 0.6) is 0 Å². The molecule has 3 atom stereocenters. The summed E-state index contributed by atoms with van der Waals surface area (Å²) in [5.74, 6) is -5.75. The predicted molar refractivity (Wildman–Crippen MR) is 104 cm³/mol. The first-order valence-corrected chi connectivity index (χ1v) is 9.09. The van der Waals surface area contributed by atoms with Crippen LogP contribution in [0.4, 0.5) is 5.69 Å². The molecular weight excluding hydrogens is 358 g/mol. The Morgan fingerprint density at radius 1 is 1.04 bits per heavy atom. The van der Waals surface area contributed by atoms with Crippen LogP contribution >= 0.6 is 0 Å². The highest BCUT2D eigenvalue weighted by Gasteiger charge is 2.48. The van der Waals surface area contributed by atoms with Crippen molar-refractivity contribution in [3.63, 3.8) is 0 Å². The Morgan fingerprint density at radius 2 is 1.64 bits per heavy atom. The smallest absolute Gasteiger partial charge is 0.321 e. The number of esters is 1. The molecule has 0 spiro atoms. The van der Waals surface area contributed by atoms with Crippen LogP contribution in [0.25, 0.3) is 0 Å². The second kappa shape index (κ2) is 7.46. The lowest BCUT2D eigenvalue weighted by Crippen LogP contribution is -2.39. The van der Waals surface area contributed by atoms with Gasteiger partial charge in [-0.25, -0.2) is 0 Å². The van der Waals surface area contributed by atoms with Gasteiger partial charge in [0.25, 0.3) is 0 Å². The fourth-order valence-corrected chi connectivity index (χ4v) is 3.61. The Bertz CT molecular complexity index is 901. The van der Waals surface area contributed by atoms with Gasteiger partial charge in [0.05, 0.1) is 5.92 Å². The first-order valence-electron chi connectivity index (χ1n) is 9.09. The number of carboxylic acid groups (broad SMARTS) is 1. The molecule has 3 unspecified atom stereocenters. The van der Waals surface area contributed by atoms with Crippen molar-refractivity contribution in [2.24, 2.45) is 5.92 Å². The van der Waals surface area contributed by atoms with E-state index in [1.165, 1.54) is 0 Å². The van der Waals surface area contributed by atoms with Crippen molar-refractivity contribution in [2.75, 3.05) is 5.32 Å². The second-order valence-corrected chi connectivity index (χ2v) is 7.84. The number of anilines is 1. The number of para-hydroxylation sites is 1. The number of carboxylic acids is 1. The standard InChI is InChI=1S/C22H23NO5/c1-22(2,3)28-21(27)18(20(25)26)16(13-9-5-4-6-10-13)17-14-11-7-8-12-15(14)23-19(17)24/h4-12,16-18H,1-3H3,(H,23,24)(H,25,26). The van der Waals surface area contributed by atoms with Crippen molar-refractivity contribution < 1.29 is 24.2 Å². The predicted octanol–water partition coefficient (Wildman–Crippen LogP) is 3.55. The first-order chi connectivity index (χ1) is 13.2. The summed E-state index contributed by atoms with van der Waals surface area (Å²) < 4.78 is 5.39. The minimum atomic E-state index is -1.52. The van der Waals surface area contributed by atoms with E-state index in [2.05, 4.69) is 5.32 Å². The van der Waals surface area contributed by atoms with Crippen molar-refractivity contribution in [3.8, 4) is 0 Å². The van der Waals surface area contributed by atoms with E-state index in [4.69, 9.17) is 4.74 Å². The number of aliphatic carboxylic acids is 1. The normalized spacial score (nSPS) is 18.0. The van der Waals surface area contributed by atoms with Crippen molar-refractivity contribution in [1.82, 2.24) is 0 Å². The number of carbonyl (C=O) groups excluding carboxylic acids is 2. The van der Waals surface area contributed by atoms with Gasteiger partial charge >= 0.3 is 11.9 Å². The number of hydrogen-bond acceptors (Lipinski definition) is 4. The molecule has 28 heavy (non-hydrogen) atoms. The van der Waals surface area contributed by atoms with Gasteiger partial charge in [0, 0.05) is 11.6 Å². The number of amides is 1. The summed E-state index contributed by atoms with van der Waals surface area (Å²) in [7, 11) is 0. The number of carbonyl (C=O) groups is 3. The highest BCUT2D eigenvalue weighted by molar-refractivity contribution is 6.05. The number of ether oxygens (including phenoxy) is 1. The number of hydrogen-bond donors (Lipinski definition) is 2. The molecule has 2 N–H and O–H groups in total. The maximum absolute atomic E-state index is 12.9. The number of rotatable bonds is 5. The van der Waals surface area contributed by atoms with Crippen molar-refractivity contribution in [1.29, 1.82) is 0 Å². The molecular formula is C22H23NO5. The Morgan fingerprint density at radius 3 is 2.25 bits per heavy atom. The average Bonchev–Trinajstić information content (AvgIpc) is 2.94. The number of benzene rings is 2. The highest BCUT2D eigenvalue weighted by atomic mass is 16.6. The molecule has 2 aromatic rings. The molecule has 1 heterocycles. The number of nitrogens with one attached hydrogen (secondary N) is 1. The average molecular weight is 381 g/mol. The van der Waals surface area contributed by atoms with Crippen LogP contribution < -0.4 is 5.32 Å². The third kappa shape index (κ3) is 3.91. The van der Waals surface area contributed by atoms with Gasteiger partial charge in [-0.2, -0.15) is 0 Å². The minimum absolute atomic E-state index is 0.329. The zero-order chi connectivity index (χ0) is 20.5. The molecule has 0 radical (unpaired) electrons. The third-order valence-corrected chi connectivity index (χ3v) is 4.67. The van der Waals surface area contributed by atoms with E-state index >= 15 is 0 Å². The maximum Gasteiger partial charge on any atom is 0.321 e. The first kappa shape index (κ1) is 19.6. The van der Waals surface area contributed by atoms with Gasteiger partial charge in [0.1, 0.15) is 5.60 Å². The molecule has 2 aromatic carbocycles. The Hall–Kier alpha value is -3.15. The topological polar surface area (TPSA) is 92.7 Å². The molecule has 6 nitrogen and oxygen atoms in total. The second-order valence-electron chi connectivity index (χ2n) is 7.84. The van der Waals surface area contributed by atoms with E-state index in [1.54, 1.807) is 75.4 Å². The number of fused-ring (bicyclic) bond motifs is 1. The lowest BCUT2D eigenvalue weighted by atomic mass is 9.74. The molecule has 0 saturated carbocycles. The van der Waals surface area contributed by atoms with Gasteiger partial charge in [-0.05, 0) is 38.0 Å². The van der Waals surface area contributed by atoms with E-state index < -0.39 is 35.3 Å². The summed E-state index contributed by atoms with van der Waals surface area (Å²) in [6.45, 7) is 5.04. The summed E-state index contributed by atoms with van der Waals surface area (Å²) in [4.78, 5) is 37.9. The maximum atomic E-state index is 12.9. The molecule has 0 saturated heterocycles. The van der Waals surface area contributed by atoms with Crippen LogP contribution in [0.1, 0.15) is 43.7 Å². The van der Waals surface area contributed by atoms with Crippen LogP contribution in [0, 0.1) is 5.92 Å². The molecule has 0 aromatic heterocycles. The Kier molecular flexibility index (Phi) is 5.23. The highest BCUT2D eigenvalue weighted by Crippen LogP contribution is 2.46. The molecule has 0 bridgehead atoms. The third-order valence-electron chi connectivity index (χ3n) is 4.67. The summed E-state index contributed by atoms with van der Waals surface area (Å²) in [5, 5.41) is 12.7. The Balaban J connectivity index is 2.13. The lowest BCUT2D eigenvalue weighted by Gasteiger charge is -2.30. The fraction of sp³-hybridized carbons (Fsp3) is 0.318. The van der Waals surface area contributed by atoms with E-state index in [-0.39, 0.29) is 5.91 Å².